The Labute approximate surface area is 105 Å². The smallest absolute Gasteiger partial charge is 0.0366 e. The van der Waals surface area contributed by atoms with E-state index >= 15 is 0 Å². The third-order valence-electron chi connectivity index (χ3n) is 4.29. The molecule has 0 aromatic heterocycles. The van der Waals surface area contributed by atoms with Crippen LogP contribution in [0.3, 0.4) is 0 Å². The molecule has 1 aromatic carbocycles. The van der Waals surface area contributed by atoms with Crippen LogP contribution in [-0.2, 0) is 0 Å². The number of hydrogen-bond donors (Lipinski definition) is 1. The molecule has 2 rings (SSSR count). The average Bonchev–Trinajstić information content (AvgIpc) is 2.81. The quantitative estimate of drug-likeness (QED) is 0.864. The van der Waals surface area contributed by atoms with E-state index in [1.807, 2.05) is 0 Å². The van der Waals surface area contributed by atoms with Crippen LogP contribution in [-0.4, -0.2) is 19.1 Å². The molecule has 1 aromatic rings. The van der Waals surface area contributed by atoms with Crippen LogP contribution in [0.15, 0.2) is 24.3 Å². The lowest BCUT2D eigenvalue weighted by molar-refractivity contribution is 0.599. The fourth-order valence-electron chi connectivity index (χ4n) is 2.80. The first-order valence-electron chi connectivity index (χ1n) is 6.62. The van der Waals surface area contributed by atoms with Crippen LogP contribution in [0, 0.1) is 5.41 Å². The highest BCUT2D eigenvalue weighted by atomic mass is 15.1. The number of benzene rings is 1. The lowest BCUT2D eigenvalue weighted by atomic mass is 10.0. The summed E-state index contributed by atoms with van der Waals surface area (Å²) in [5.41, 5.74) is 9.09. The van der Waals surface area contributed by atoms with E-state index in [9.17, 15) is 0 Å². The van der Waals surface area contributed by atoms with Gasteiger partial charge in [0, 0.05) is 30.7 Å². The van der Waals surface area contributed by atoms with Crippen LogP contribution in [0.4, 0.5) is 5.69 Å². The van der Waals surface area contributed by atoms with Gasteiger partial charge in [-0.2, -0.15) is 0 Å². The Hall–Kier alpha value is -1.02. The first kappa shape index (κ1) is 12.4. The van der Waals surface area contributed by atoms with Gasteiger partial charge >= 0.3 is 0 Å². The summed E-state index contributed by atoms with van der Waals surface area (Å²) in [7, 11) is 0. The van der Waals surface area contributed by atoms with Crippen LogP contribution in [0.25, 0.3) is 0 Å². The SMILES string of the molecule is CCN(CC)c1ccc(C2C(N)C2(C)C)cc1. The molecule has 94 valence electrons. The van der Waals surface area contributed by atoms with Gasteiger partial charge in [0.25, 0.3) is 0 Å². The lowest BCUT2D eigenvalue weighted by Crippen LogP contribution is -2.21. The highest BCUT2D eigenvalue weighted by Crippen LogP contribution is 2.57. The summed E-state index contributed by atoms with van der Waals surface area (Å²) in [6.07, 6.45) is 0. The van der Waals surface area contributed by atoms with Crippen LogP contribution in [0.5, 0.6) is 0 Å². The molecule has 2 N–H and O–H groups in total. The van der Waals surface area contributed by atoms with E-state index in [1.165, 1.54) is 11.3 Å². The van der Waals surface area contributed by atoms with Gasteiger partial charge < -0.3 is 10.6 Å². The summed E-state index contributed by atoms with van der Waals surface area (Å²) in [5.74, 6) is 0.535. The van der Waals surface area contributed by atoms with Crippen molar-refractivity contribution in [2.24, 2.45) is 11.1 Å². The number of hydrogen-bond acceptors (Lipinski definition) is 2. The van der Waals surface area contributed by atoms with Gasteiger partial charge in [-0.25, -0.2) is 0 Å². The maximum Gasteiger partial charge on any atom is 0.0366 e. The summed E-state index contributed by atoms with van der Waals surface area (Å²) in [6.45, 7) is 11.0. The van der Waals surface area contributed by atoms with E-state index in [4.69, 9.17) is 5.73 Å². The van der Waals surface area contributed by atoms with E-state index in [2.05, 4.69) is 56.9 Å². The van der Waals surface area contributed by atoms with E-state index < -0.39 is 0 Å². The second kappa shape index (κ2) is 4.34. The molecule has 1 fully saturated rings. The van der Waals surface area contributed by atoms with Gasteiger partial charge in [-0.15, -0.1) is 0 Å². The number of nitrogens with two attached hydrogens (primary N) is 1. The Morgan fingerprint density at radius 3 is 1.94 bits per heavy atom. The fourth-order valence-corrected chi connectivity index (χ4v) is 2.80. The lowest BCUT2D eigenvalue weighted by Gasteiger charge is -2.21. The summed E-state index contributed by atoms with van der Waals surface area (Å²) < 4.78 is 0. The van der Waals surface area contributed by atoms with Crippen LogP contribution in [0.1, 0.15) is 39.2 Å². The molecule has 0 aliphatic heterocycles. The van der Waals surface area contributed by atoms with E-state index in [1.54, 1.807) is 0 Å². The molecule has 17 heavy (non-hydrogen) atoms. The zero-order chi connectivity index (χ0) is 12.6. The minimum Gasteiger partial charge on any atom is -0.372 e. The van der Waals surface area contributed by atoms with E-state index in [-0.39, 0.29) is 5.41 Å². The predicted octanol–water partition coefficient (Wildman–Crippen LogP) is 2.98. The number of nitrogens with zero attached hydrogens (tertiary/aromatic N) is 1. The van der Waals surface area contributed by atoms with Gasteiger partial charge in [-0.3, -0.25) is 0 Å². The summed E-state index contributed by atoms with van der Waals surface area (Å²) in [4.78, 5) is 2.36. The van der Waals surface area contributed by atoms with Crippen molar-refractivity contribution in [3.63, 3.8) is 0 Å². The van der Waals surface area contributed by atoms with E-state index in [0.29, 0.717) is 12.0 Å². The largest absolute Gasteiger partial charge is 0.372 e. The van der Waals surface area contributed by atoms with Gasteiger partial charge in [-0.05, 0) is 37.0 Å². The van der Waals surface area contributed by atoms with Gasteiger partial charge in [0.1, 0.15) is 0 Å². The Morgan fingerprint density at radius 2 is 1.59 bits per heavy atom. The summed E-state index contributed by atoms with van der Waals surface area (Å²) >= 11 is 0. The van der Waals surface area contributed by atoms with Crippen molar-refractivity contribution in [2.45, 2.75) is 39.7 Å². The highest BCUT2D eigenvalue weighted by Gasteiger charge is 2.55. The van der Waals surface area contributed by atoms with Crippen molar-refractivity contribution in [3.8, 4) is 0 Å². The molecular formula is C15H24N2. The predicted molar refractivity (Wildman–Crippen MR) is 74.5 cm³/mol. The fraction of sp³-hybridized carbons (Fsp3) is 0.600. The molecule has 1 saturated carbocycles. The molecule has 2 unspecified atom stereocenters. The molecule has 0 bridgehead atoms. The zero-order valence-electron chi connectivity index (χ0n) is 11.4. The second-order valence-corrected chi connectivity index (χ2v) is 5.59. The molecule has 2 nitrogen and oxygen atoms in total. The standard InChI is InChI=1S/C15H24N2/c1-5-17(6-2)12-9-7-11(8-10-12)13-14(16)15(13,3)4/h7-10,13-14H,5-6,16H2,1-4H3. The molecule has 0 amide bonds. The van der Waals surface area contributed by atoms with Crippen molar-refractivity contribution in [1.29, 1.82) is 0 Å². The second-order valence-electron chi connectivity index (χ2n) is 5.59. The summed E-state index contributed by atoms with van der Waals surface area (Å²) in [6, 6.07) is 9.26. The topological polar surface area (TPSA) is 29.3 Å². The minimum absolute atomic E-state index is 0.275. The van der Waals surface area contributed by atoms with Crippen molar-refractivity contribution in [3.05, 3.63) is 29.8 Å². The number of anilines is 1. The van der Waals surface area contributed by atoms with Gasteiger partial charge in [-0.1, -0.05) is 26.0 Å². The van der Waals surface area contributed by atoms with Crippen LogP contribution >= 0.6 is 0 Å². The molecule has 0 radical (unpaired) electrons. The molecule has 1 aliphatic carbocycles. The number of rotatable bonds is 4. The normalized spacial score (nSPS) is 25.7. The Bertz CT molecular complexity index is 376. The summed E-state index contributed by atoms with van der Waals surface area (Å²) in [5, 5.41) is 0. The van der Waals surface area contributed by atoms with Gasteiger partial charge in [0.15, 0.2) is 0 Å². The average molecular weight is 232 g/mol. The molecular weight excluding hydrogens is 208 g/mol. The Balaban J connectivity index is 2.14. The molecule has 0 spiro atoms. The monoisotopic (exact) mass is 232 g/mol. The Morgan fingerprint density at radius 1 is 1.12 bits per heavy atom. The third kappa shape index (κ3) is 2.06. The van der Waals surface area contributed by atoms with Crippen molar-refractivity contribution < 1.29 is 0 Å². The molecule has 1 aliphatic rings. The van der Waals surface area contributed by atoms with Crippen molar-refractivity contribution >= 4 is 5.69 Å². The zero-order valence-corrected chi connectivity index (χ0v) is 11.4. The Kier molecular flexibility index (Phi) is 3.17. The molecule has 2 heteroatoms. The minimum atomic E-state index is 0.275. The maximum absolute atomic E-state index is 6.12. The molecule has 2 atom stereocenters. The van der Waals surface area contributed by atoms with Crippen LogP contribution < -0.4 is 10.6 Å². The molecule has 0 saturated heterocycles. The maximum atomic E-state index is 6.12. The first-order chi connectivity index (χ1) is 8.02. The highest BCUT2D eigenvalue weighted by molar-refractivity contribution is 5.49. The third-order valence-corrected chi connectivity index (χ3v) is 4.29. The van der Waals surface area contributed by atoms with Crippen LogP contribution in [0.2, 0.25) is 0 Å². The van der Waals surface area contributed by atoms with Crippen molar-refractivity contribution in [2.75, 3.05) is 18.0 Å². The van der Waals surface area contributed by atoms with Gasteiger partial charge in [0.2, 0.25) is 0 Å². The first-order valence-corrected chi connectivity index (χ1v) is 6.62. The van der Waals surface area contributed by atoms with E-state index in [0.717, 1.165) is 13.1 Å². The van der Waals surface area contributed by atoms with Crippen molar-refractivity contribution in [1.82, 2.24) is 0 Å². The molecule has 0 heterocycles. The van der Waals surface area contributed by atoms with Gasteiger partial charge in [0.05, 0.1) is 0 Å².